The van der Waals surface area contributed by atoms with E-state index in [1.165, 1.54) is 17.8 Å². The number of carboxylic acids is 1. The van der Waals surface area contributed by atoms with Crippen LogP contribution in [0, 0.1) is 11.6 Å². The van der Waals surface area contributed by atoms with Crippen LogP contribution in [0.2, 0.25) is 0 Å². The van der Waals surface area contributed by atoms with Gasteiger partial charge in [0.05, 0.1) is 6.42 Å². The summed E-state index contributed by atoms with van der Waals surface area (Å²) in [4.78, 5) is 10.2. The lowest BCUT2D eigenvalue weighted by atomic mass is 10.2. The van der Waals surface area contributed by atoms with Crippen molar-refractivity contribution in [1.29, 1.82) is 0 Å². The fraction of sp³-hybridized carbons (Fsp3) is 0.300. The third-order valence-electron chi connectivity index (χ3n) is 1.71. The quantitative estimate of drug-likeness (QED) is 0.793. The molecular formula is C10H10F2O2S. The Balaban J connectivity index is 2.38. The Bertz CT molecular complexity index is 355. The van der Waals surface area contributed by atoms with Gasteiger partial charge in [-0.3, -0.25) is 4.79 Å². The van der Waals surface area contributed by atoms with E-state index in [9.17, 15) is 13.6 Å². The van der Waals surface area contributed by atoms with Crippen molar-refractivity contribution in [1.82, 2.24) is 0 Å². The molecule has 0 aromatic heterocycles. The highest BCUT2D eigenvalue weighted by atomic mass is 32.2. The Morgan fingerprint density at radius 3 is 2.67 bits per heavy atom. The summed E-state index contributed by atoms with van der Waals surface area (Å²) in [6.45, 7) is 0. The topological polar surface area (TPSA) is 37.3 Å². The third kappa shape index (κ3) is 4.29. The predicted molar refractivity (Wildman–Crippen MR) is 54.8 cm³/mol. The summed E-state index contributed by atoms with van der Waals surface area (Å²) in [6, 6.07) is 3.69. The molecule has 1 aromatic rings. The number of benzene rings is 1. The Morgan fingerprint density at radius 1 is 1.33 bits per heavy atom. The van der Waals surface area contributed by atoms with Crippen LogP contribution in [0.1, 0.15) is 12.0 Å². The van der Waals surface area contributed by atoms with Crippen molar-refractivity contribution < 1.29 is 18.7 Å². The van der Waals surface area contributed by atoms with E-state index in [0.717, 1.165) is 12.1 Å². The molecule has 0 radical (unpaired) electrons. The van der Waals surface area contributed by atoms with Crippen LogP contribution in [-0.4, -0.2) is 16.8 Å². The van der Waals surface area contributed by atoms with E-state index in [0.29, 0.717) is 17.1 Å². The van der Waals surface area contributed by atoms with E-state index in [1.807, 2.05) is 0 Å². The lowest BCUT2D eigenvalue weighted by Crippen LogP contribution is -1.96. The van der Waals surface area contributed by atoms with Crippen LogP contribution in [-0.2, 0) is 10.5 Å². The van der Waals surface area contributed by atoms with Crippen molar-refractivity contribution in [3.8, 4) is 0 Å². The second-order valence-electron chi connectivity index (χ2n) is 2.94. The van der Waals surface area contributed by atoms with E-state index >= 15 is 0 Å². The average Bonchev–Trinajstić information content (AvgIpc) is 2.18. The molecule has 0 spiro atoms. The van der Waals surface area contributed by atoms with Crippen LogP contribution in [0.3, 0.4) is 0 Å². The number of rotatable bonds is 5. The largest absolute Gasteiger partial charge is 0.481 e. The first-order chi connectivity index (χ1) is 7.09. The van der Waals surface area contributed by atoms with Gasteiger partial charge in [-0.1, -0.05) is 6.07 Å². The van der Waals surface area contributed by atoms with Gasteiger partial charge in [0, 0.05) is 11.5 Å². The molecule has 0 saturated carbocycles. The van der Waals surface area contributed by atoms with Crippen molar-refractivity contribution in [2.24, 2.45) is 0 Å². The van der Waals surface area contributed by atoms with Crippen molar-refractivity contribution in [3.05, 3.63) is 35.4 Å². The number of halogens is 2. The van der Waals surface area contributed by atoms with Crippen molar-refractivity contribution in [3.63, 3.8) is 0 Å². The van der Waals surface area contributed by atoms with E-state index in [2.05, 4.69) is 0 Å². The summed E-state index contributed by atoms with van der Waals surface area (Å²) >= 11 is 1.38. The zero-order valence-corrected chi connectivity index (χ0v) is 8.69. The summed E-state index contributed by atoms with van der Waals surface area (Å²) in [6.07, 6.45) is 0.0777. The molecule has 0 amide bonds. The summed E-state index contributed by atoms with van der Waals surface area (Å²) in [5.74, 6) is -1.63. The third-order valence-corrected chi connectivity index (χ3v) is 2.74. The fourth-order valence-corrected chi connectivity index (χ4v) is 1.86. The van der Waals surface area contributed by atoms with Gasteiger partial charge in [-0.2, -0.15) is 11.8 Å². The molecule has 2 nitrogen and oxygen atoms in total. The highest BCUT2D eigenvalue weighted by Gasteiger charge is 2.03. The minimum atomic E-state index is -0.869. The van der Waals surface area contributed by atoms with Crippen LogP contribution in [0.5, 0.6) is 0 Å². The van der Waals surface area contributed by atoms with E-state index in [-0.39, 0.29) is 6.42 Å². The normalized spacial score (nSPS) is 10.3. The molecule has 0 bridgehead atoms. The van der Waals surface area contributed by atoms with E-state index in [1.54, 1.807) is 0 Å². The average molecular weight is 232 g/mol. The minimum Gasteiger partial charge on any atom is -0.481 e. The summed E-state index contributed by atoms with van der Waals surface area (Å²) in [5.41, 5.74) is 0.657. The molecule has 0 fully saturated rings. The van der Waals surface area contributed by atoms with Crippen molar-refractivity contribution in [2.45, 2.75) is 12.2 Å². The first kappa shape index (κ1) is 12.0. The van der Waals surface area contributed by atoms with Gasteiger partial charge >= 0.3 is 5.97 Å². The molecule has 82 valence electrons. The maximum Gasteiger partial charge on any atom is 0.304 e. The van der Waals surface area contributed by atoms with Crippen LogP contribution in [0.4, 0.5) is 8.78 Å². The molecule has 0 heterocycles. The summed E-state index contributed by atoms with van der Waals surface area (Å²) in [7, 11) is 0. The standard InChI is InChI=1S/C10H10F2O2S/c11-8-2-1-7(5-9(8)12)6-15-4-3-10(13)14/h1-2,5H,3-4,6H2,(H,13,14). The predicted octanol–water partition coefficient (Wildman–Crippen LogP) is 2.67. The second-order valence-corrected chi connectivity index (χ2v) is 4.05. The van der Waals surface area contributed by atoms with Gasteiger partial charge in [0.2, 0.25) is 0 Å². The summed E-state index contributed by atoms with van der Waals surface area (Å²) < 4.78 is 25.3. The molecule has 0 aliphatic heterocycles. The highest BCUT2D eigenvalue weighted by Crippen LogP contribution is 2.15. The molecule has 1 N–H and O–H groups in total. The van der Waals surface area contributed by atoms with Crippen molar-refractivity contribution in [2.75, 3.05) is 5.75 Å². The maximum absolute atomic E-state index is 12.7. The minimum absolute atomic E-state index is 0.0777. The Kier molecular flexibility index (Phi) is 4.55. The first-order valence-electron chi connectivity index (χ1n) is 4.33. The molecule has 0 atom stereocenters. The maximum atomic E-state index is 12.7. The number of aliphatic carboxylic acids is 1. The zero-order valence-electron chi connectivity index (χ0n) is 7.87. The molecule has 1 aromatic carbocycles. The molecule has 1 rings (SSSR count). The number of carboxylic acid groups (broad SMARTS) is 1. The van der Waals surface area contributed by atoms with E-state index in [4.69, 9.17) is 5.11 Å². The SMILES string of the molecule is O=C(O)CCSCc1ccc(F)c(F)c1. The number of hydrogen-bond acceptors (Lipinski definition) is 2. The molecule has 5 heteroatoms. The first-order valence-corrected chi connectivity index (χ1v) is 5.48. The Morgan fingerprint density at radius 2 is 2.07 bits per heavy atom. The van der Waals surface area contributed by atoms with Gasteiger partial charge < -0.3 is 5.11 Å². The number of hydrogen-bond donors (Lipinski definition) is 1. The molecule has 15 heavy (non-hydrogen) atoms. The Labute approximate surface area is 90.3 Å². The van der Waals surface area contributed by atoms with Gasteiger partial charge in [0.1, 0.15) is 0 Å². The van der Waals surface area contributed by atoms with Crippen molar-refractivity contribution >= 4 is 17.7 Å². The molecular weight excluding hydrogens is 222 g/mol. The smallest absolute Gasteiger partial charge is 0.304 e. The van der Waals surface area contributed by atoms with Gasteiger partial charge in [-0.05, 0) is 17.7 Å². The molecule has 0 aliphatic rings. The molecule has 0 unspecified atom stereocenters. The summed E-state index contributed by atoms with van der Waals surface area (Å²) in [5, 5.41) is 8.37. The van der Waals surface area contributed by atoms with Crippen LogP contribution in [0.15, 0.2) is 18.2 Å². The lowest BCUT2D eigenvalue weighted by molar-refractivity contribution is -0.136. The Hall–Kier alpha value is -1.10. The van der Waals surface area contributed by atoms with Crippen LogP contribution >= 0.6 is 11.8 Å². The van der Waals surface area contributed by atoms with Gasteiger partial charge in [0.15, 0.2) is 11.6 Å². The zero-order chi connectivity index (χ0) is 11.3. The van der Waals surface area contributed by atoms with Gasteiger partial charge in [0.25, 0.3) is 0 Å². The number of carbonyl (C=O) groups is 1. The van der Waals surface area contributed by atoms with Crippen LogP contribution in [0.25, 0.3) is 0 Å². The van der Waals surface area contributed by atoms with Crippen LogP contribution < -0.4 is 0 Å². The lowest BCUT2D eigenvalue weighted by Gasteiger charge is -2.01. The van der Waals surface area contributed by atoms with E-state index < -0.39 is 17.6 Å². The molecule has 0 saturated heterocycles. The van der Waals surface area contributed by atoms with Gasteiger partial charge in [-0.25, -0.2) is 8.78 Å². The van der Waals surface area contributed by atoms with Gasteiger partial charge in [-0.15, -0.1) is 0 Å². The highest BCUT2D eigenvalue weighted by molar-refractivity contribution is 7.98. The fourth-order valence-electron chi connectivity index (χ4n) is 0.979. The monoisotopic (exact) mass is 232 g/mol. The second kappa shape index (κ2) is 5.70. The molecule has 0 aliphatic carbocycles. The number of thioether (sulfide) groups is 1.